The van der Waals surface area contributed by atoms with Crippen LogP contribution in [0.1, 0.15) is 25.3 Å². The third-order valence-corrected chi connectivity index (χ3v) is 5.02. The number of urea groups is 1. The monoisotopic (exact) mass is 446 g/mol. The van der Waals surface area contributed by atoms with Gasteiger partial charge in [-0.2, -0.15) is 5.10 Å². The molecule has 7 heteroatoms. The summed E-state index contributed by atoms with van der Waals surface area (Å²) in [5.74, 6) is 0.332. The van der Waals surface area contributed by atoms with Crippen molar-refractivity contribution in [2.75, 3.05) is 10.6 Å². The maximum Gasteiger partial charge on any atom is 0.323 e. The van der Waals surface area contributed by atoms with E-state index in [0.717, 1.165) is 15.7 Å². The smallest absolute Gasteiger partial charge is 0.308 e. The summed E-state index contributed by atoms with van der Waals surface area (Å²) in [4.78, 5) is 12.3. The number of aromatic nitrogens is 2. The van der Waals surface area contributed by atoms with Crippen molar-refractivity contribution in [1.82, 2.24) is 9.78 Å². The van der Waals surface area contributed by atoms with Crippen LogP contribution in [0.25, 0.3) is 11.3 Å². The summed E-state index contributed by atoms with van der Waals surface area (Å²) in [5, 5.41) is 10.6. The average Bonchev–Trinajstić information content (AvgIpc) is 2.95. The highest BCUT2D eigenvalue weighted by Crippen LogP contribution is 2.35. The van der Waals surface area contributed by atoms with Crippen molar-refractivity contribution < 1.29 is 4.79 Å². The van der Waals surface area contributed by atoms with Crippen LogP contribution in [0, 0.1) is 0 Å². The molecule has 0 spiro atoms. The Bertz CT molecular complexity index is 947. The fraction of sp³-hybridized carbons (Fsp3) is 0.200. The predicted octanol–water partition coefficient (Wildman–Crippen LogP) is 6.27. The summed E-state index contributed by atoms with van der Waals surface area (Å²) in [6.45, 7) is 4.28. The van der Waals surface area contributed by atoms with E-state index in [1.165, 1.54) is 5.56 Å². The number of rotatable bonds is 4. The van der Waals surface area contributed by atoms with Gasteiger partial charge < -0.3 is 10.6 Å². The van der Waals surface area contributed by atoms with Gasteiger partial charge in [-0.25, -0.2) is 4.79 Å². The van der Waals surface area contributed by atoms with E-state index < -0.39 is 0 Å². The molecule has 2 N–H and O–H groups in total. The van der Waals surface area contributed by atoms with Crippen LogP contribution in [0.5, 0.6) is 0 Å². The van der Waals surface area contributed by atoms with Gasteiger partial charge in [0.2, 0.25) is 0 Å². The van der Waals surface area contributed by atoms with Crippen LogP contribution in [-0.4, -0.2) is 15.8 Å². The Morgan fingerprint density at radius 3 is 2.33 bits per heavy atom. The van der Waals surface area contributed by atoms with Gasteiger partial charge in [-0.1, -0.05) is 31.5 Å². The molecule has 2 amide bonds. The summed E-state index contributed by atoms with van der Waals surface area (Å²) in [6, 6.07) is 12.6. The van der Waals surface area contributed by atoms with Crippen molar-refractivity contribution in [2.24, 2.45) is 7.05 Å². The van der Waals surface area contributed by atoms with Crippen LogP contribution in [0.2, 0.25) is 5.02 Å². The van der Waals surface area contributed by atoms with E-state index in [4.69, 9.17) is 11.6 Å². The van der Waals surface area contributed by atoms with E-state index in [-0.39, 0.29) is 6.03 Å². The molecule has 5 nitrogen and oxygen atoms in total. The Morgan fingerprint density at radius 2 is 1.74 bits per heavy atom. The lowest BCUT2D eigenvalue weighted by Gasteiger charge is -2.16. The van der Waals surface area contributed by atoms with E-state index in [1.807, 2.05) is 29.9 Å². The van der Waals surface area contributed by atoms with Gasteiger partial charge in [-0.15, -0.1) is 0 Å². The second-order valence-corrected chi connectivity index (χ2v) is 7.80. The molecule has 0 fully saturated rings. The van der Waals surface area contributed by atoms with Crippen molar-refractivity contribution in [1.29, 1.82) is 0 Å². The van der Waals surface area contributed by atoms with Gasteiger partial charge in [-0.3, -0.25) is 4.68 Å². The van der Waals surface area contributed by atoms with Crippen LogP contribution in [0.4, 0.5) is 16.2 Å². The fourth-order valence-corrected chi connectivity index (χ4v) is 3.57. The molecular formula is C20H20BrClN4O. The molecule has 1 aromatic heterocycles. The Balaban J connectivity index is 1.87. The number of nitrogens with one attached hydrogen (secondary N) is 2. The normalized spacial score (nSPS) is 10.9. The molecule has 0 aliphatic heterocycles. The van der Waals surface area contributed by atoms with Crippen molar-refractivity contribution in [3.63, 3.8) is 0 Å². The number of halogens is 2. The lowest BCUT2D eigenvalue weighted by molar-refractivity contribution is 0.262. The van der Waals surface area contributed by atoms with Crippen molar-refractivity contribution >= 4 is 44.9 Å². The zero-order valence-corrected chi connectivity index (χ0v) is 17.6. The minimum Gasteiger partial charge on any atom is -0.308 e. The molecule has 3 rings (SSSR count). The molecule has 0 saturated carbocycles. The third kappa shape index (κ3) is 4.51. The molecule has 0 bridgehead atoms. The van der Waals surface area contributed by atoms with Crippen LogP contribution >= 0.6 is 27.5 Å². The number of carbonyl (C=O) groups excluding carboxylic acids is 1. The Kier molecular flexibility index (Phi) is 5.87. The number of aryl methyl sites for hydroxylation is 1. The number of carbonyl (C=O) groups is 1. The van der Waals surface area contributed by atoms with E-state index in [9.17, 15) is 4.79 Å². The molecule has 0 saturated heterocycles. The minimum atomic E-state index is -0.315. The number of benzene rings is 2. The molecule has 0 unspecified atom stereocenters. The van der Waals surface area contributed by atoms with Gasteiger partial charge in [-0.05, 0) is 63.8 Å². The number of hydrogen-bond acceptors (Lipinski definition) is 2. The predicted molar refractivity (Wildman–Crippen MR) is 115 cm³/mol. The van der Waals surface area contributed by atoms with E-state index in [2.05, 4.69) is 45.5 Å². The number of amides is 2. The number of nitrogens with zero attached hydrogens (tertiary/aromatic N) is 2. The largest absolute Gasteiger partial charge is 0.323 e. The number of hydrogen-bond donors (Lipinski definition) is 2. The first-order valence-corrected chi connectivity index (χ1v) is 9.67. The average molecular weight is 448 g/mol. The molecule has 0 atom stereocenters. The minimum absolute atomic E-state index is 0.315. The first-order valence-electron chi connectivity index (χ1n) is 8.50. The third-order valence-electron chi connectivity index (χ3n) is 4.18. The topological polar surface area (TPSA) is 59.0 Å². The number of anilines is 2. The molecule has 2 aromatic carbocycles. The molecule has 3 aromatic rings. The highest BCUT2D eigenvalue weighted by molar-refractivity contribution is 9.10. The Morgan fingerprint density at radius 1 is 1.11 bits per heavy atom. The summed E-state index contributed by atoms with van der Waals surface area (Å²) in [5.41, 5.74) is 4.56. The summed E-state index contributed by atoms with van der Waals surface area (Å²) < 4.78 is 2.73. The van der Waals surface area contributed by atoms with Gasteiger partial charge in [0.25, 0.3) is 0 Å². The van der Waals surface area contributed by atoms with Crippen LogP contribution in [0.15, 0.2) is 53.1 Å². The molecule has 0 radical (unpaired) electrons. The van der Waals surface area contributed by atoms with Crippen LogP contribution < -0.4 is 10.6 Å². The van der Waals surface area contributed by atoms with Gasteiger partial charge in [0.05, 0.1) is 16.4 Å². The fourth-order valence-electron chi connectivity index (χ4n) is 2.88. The SMILES string of the molecule is CC(C)c1ccc(NC(=O)Nc2ccc(Cl)cc2)cc1-c1c(Br)cnn1C. The van der Waals surface area contributed by atoms with Crippen LogP contribution in [0.3, 0.4) is 0 Å². The lowest BCUT2D eigenvalue weighted by Crippen LogP contribution is -2.19. The van der Waals surface area contributed by atoms with Crippen LogP contribution in [-0.2, 0) is 7.05 Å². The van der Waals surface area contributed by atoms with E-state index >= 15 is 0 Å². The molecule has 1 heterocycles. The summed E-state index contributed by atoms with van der Waals surface area (Å²) in [6.07, 6.45) is 1.77. The van der Waals surface area contributed by atoms with Crippen molar-refractivity contribution in [3.05, 3.63) is 63.7 Å². The first-order chi connectivity index (χ1) is 12.8. The summed E-state index contributed by atoms with van der Waals surface area (Å²) >= 11 is 9.44. The van der Waals surface area contributed by atoms with E-state index in [1.54, 1.807) is 30.5 Å². The molecule has 0 aliphatic rings. The molecular weight excluding hydrogens is 428 g/mol. The van der Waals surface area contributed by atoms with Gasteiger partial charge in [0, 0.05) is 29.0 Å². The maximum absolute atomic E-state index is 12.3. The molecule has 140 valence electrons. The zero-order valence-electron chi connectivity index (χ0n) is 15.3. The van der Waals surface area contributed by atoms with Crippen molar-refractivity contribution in [3.8, 4) is 11.3 Å². The van der Waals surface area contributed by atoms with E-state index in [0.29, 0.717) is 22.3 Å². The van der Waals surface area contributed by atoms with Gasteiger partial charge >= 0.3 is 6.03 Å². The molecule has 0 aliphatic carbocycles. The highest BCUT2D eigenvalue weighted by Gasteiger charge is 2.16. The Labute approximate surface area is 171 Å². The second kappa shape index (κ2) is 8.15. The highest BCUT2D eigenvalue weighted by atomic mass is 79.9. The summed E-state index contributed by atoms with van der Waals surface area (Å²) in [7, 11) is 1.90. The Hall–Kier alpha value is -2.31. The second-order valence-electron chi connectivity index (χ2n) is 6.51. The first kappa shape index (κ1) is 19.5. The standard InChI is InChI=1S/C20H20BrClN4O/c1-12(2)16-9-8-15(10-17(16)19-18(21)11-23-26(19)3)25-20(27)24-14-6-4-13(22)5-7-14/h4-12H,1-3H3,(H2,24,25,27). The zero-order chi connectivity index (χ0) is 19.6. The lowest BCUT2D eigenvalue weighted by atomic mass is 9.94. The van der Waals surface area contributed by atoms with Crippen molar-refractivity contribution in [2.45, 2.75) is 19.8 Å². The maximum atomic E-state index is 12.3. The van der Waals surface area contributed by atoms with Gasteiger partial charge in [0.15, 0.2) is 0 Å². The van der Waals surface area contributed by atoms with Gasteiger partial charge in [0.1, 0.15) is 0 Å². The molecule has 27 heavy (non-hydrogen) atoms. The quantitative estimate of drug-likeness (QED) is 0.495.